The highest BCUT2D eigenvalue weighted by atomic mass is 16.3. The first-order valence-corrected chi connectivity index (χ1v) is 7.27. The maximum absolute atomic E-state index is 12.5. The van der Waals surface area contributed by atoms with Crippen LogP contribution in [-0.2, 0) is 13.5 Å². The van der Waals surface area contributed by atoms with Crippen LogP contribution < -0.4 is 0 Å². The van der Waals surface area contributed by atoms with Gasteiger partial charge in [0.15, 0.2) is 5.69 Å². The first-order chi connectivity index (χ1) is 10.5. The van der Waals surface area contributed by atoms with E-state index in [4.69, 9.17) is 0 Å². The molecule has 0 saturated carbocycles. The van der Waals surface area contributed by atoms with E-state index in [1.807, 2.05) is 14.0 Å². The molecule has 2 unspecified atom stereocenters. The van der Waals surface area contributed by atoms with Crippen molar-refractivity contribution in [3.63, 3.8) is 0 Å². The van der Waals surface area contributed by atoms with Gasteiger partial charge in [0.2, 0.25) is 0 Å². The quantitative estimate of drug-likeness (QED) is 0.875. The van der Waals surface area contributed by atoms with E-state index in [1.165, 1.54) is 0 Å². The molecule has 1 amide bonds. The topological polar surface area (TPSA) is 84.1 Å². The Morgan fingerprint density at radius 2 is 2.23 bits per heavy atom. The van der Waals surface area contributed by atoms with Crippen LogP contribution in [0.4, 0.5) is 0 Å². The summed E-state index contributed by atoms with van der Waals surface area (Å²) < 4.78 is 1.68. The number of carbonyl (C=O) groups is 1. The molecule has 0 aromatic carbocycles. The smallest absolute Gasteiger partial charge is 0.274 e. The van der Waals surface area contributed by atoms with Gasteiger partial charge in [-0.05, 0) is 19.4 Å². The Morgan fingerprint density at radius 1 is 1.41 bits per heavy atom. The Kier molecular flexibility index (Phi) is 3.89. The van der Waals surface area contributed by atoms with Gasteiger partial charge in [-0.1, -0.05) is 0 Å². The van der Waals surface area contributed by atoms with Crippen LogP contribution in [0.15, 0.2) is 24.7 Å². The second-order valence-electron chi connectivity index (χ2n) is 5.73. The summed E-state index contributed by atoms with van der Waals surface area (Å²) in [6.07, 6.45) is 5.01. The zero-order valence-corrected chi connectivity index (χ0v) is 12.7. The van der Waals surface area contributed by atoms with Gasteiger partial charge in [-0.15, -0.1) is 0 Å². The maximum atomic E-state index is 12.5. The Morgan fingerprint density at radius 3 is 2.86 bits per heavy atom. The zero-order valence-electron chi connectivity index (χ0n) is 12.7. The third-order valence-electron chi connectivity index (χ3n) is 4.11. The Bertz CT molecular complexity index is 650. The molecule has 2 aromatic rings. The van der Waals surface area contributed by atoms with Crippen molar-refractivity contribution in [2.24, 2.45) is 13.0 Å². The SMILES string of the molecule is Cc1cc(C(=O)N2CC(O)C(Cc3cnccn3)C2)nn1C. The van der Waals surface area contributed by atoms with Crippen LogP contribution in [0, 0.1) is 12.8 Å². The summed E-state index contributed by atoms with van der Waals surface area (Å²) in [6, 6.07) is 1.77. The Hall–Kier alpha value is -2.28. The van der Waals surface area contributed by atoms with Crippen LogP contribution in [0.1, 0.15) is 21.9 Å². The van der Waals surface area contributed by atoms with Crippen molar-refractivity contribution >= 4 is 5.91 Å². The molecule has 2 aromatic heterocycles. The standard InChI is InChI=1S/C15H19N5O2/c1-10-5-13(18-19(10)2)15(22)20-8-11(14(21)9-20)6-12-7-16-3-4-17-12/h3-5,7,11,14,21H,6,8-9H2,1-2H3. The van der Waals surface area contributed by atoms with E-state index < -0.39 is 6.10 Å². The predicted octanol–water partition coefficient (Wildman–Crippen LogP) is 0.194. The average Bonchev–Trinajstić information content (AvgIpc) is 3.03. The number of hydrogen-bond donors (Lipinski definition) is 1. The van der Waals surface area contributed by atoms with Crippen molar-refractivity contribution in [1.29, 1.82) is 0 Å². The van der Waals surface area contributed by atoms with E-state index in [0.29, 0.717) is 25.2 Å². The van der Waals surface area contributed by atoms with E-state index in [2.05, 4.69) is 15.1 Å². The average molecular weight is 301 g/mol. The van der Waals surface area contributed by atoms with E-state index in [-0.39, 0.29) is 11.8 Å². The molecule has 1 aliphatic rings. The van der Waals surface area contributed by atoms with Crippen LogP contribution in [0.2, 0.25) is 0 Å². The molecule has 116 valence electrons. The van der Waals surface area contributed by atoms with Crippen LogP contribution in [0.25, 0.3) is 0 Å². The largest absolute Gasteiger partial charge is 0.391 e. The van der Waals surface area contributed by atoms with Gasteiger partial charge < -0.3 is 10.0 Å². The molecule has 0 aliphatic carbocycles. The molecule has 0 bridgehead atoms. The Labute approximate surface area is 128 Å². The minimum Gasteiger partial charge on any atom is -0.391 e. The summed E-state index contributed by atoms with van der Waals surface area (Å²) in [5.41, 5.74) is 2.18. The molecule has 7 heteroatoms. The van der Waals surface area contributed by atoms with Gasteiger partial charge in [0.1, 0.15) is 0 Å². The number of β-amino-alcohol motifs (C(OH)–C–C–N with tert-alkyl or cyclic N) is 1. The van der Waals surface area contributed by atoms with Gasteiger partial charge in [0, 0.05) is 50.3 Å². The lowest BCUT2D eigenvalue weighted by molar-refractivity contribution is 0.0758. The highest BCUT2D eigenvalue weighted by Gasteiger charge is 2.35. The number of hydrogen-bond acceptors (Lipinski definition) is 5. The molecular weight excluding hydrogens is 282 g/mol. The molecule has 1 fully saturated rings. The molecule has 1 N–H and O–H groups in total. The van der Waals surface area contributed by atoms with Gasteiger partial charge in [-0.3, -0.25) is 19.4 Å². The fourth-order valence-corrected chi connectivity index (χ4v) is 2.75. The monoisotopic (exact) mass is 301 g/mol. The summed E-state index contributed by atoms with van der Waals surface area (Å²) in [6.45, 7) is 2.74. The first kappa shape index (κ1) is 14.6. The van der Waals surface area contributed by atoms with Gasteiger partial charge in [-0.25, -0.2) is 0 Å². The Balaban J connectivity index is 1.68. The first-order valence-electron chi connectivity index (χ1n) is 7.27. The number of nitrogens with zero attached hydrogens (tertiary/aromatic N) is 5. The van der Waals surface area contributed by atoms with E-state index in [0.717, 1.165) is 11.4 Å². The van der Waals surface area contributed by atoms with Crippen molar-refractivity contribution in [3.05, 3.63) is 41.7 Å². The van der Waals surface area contributed by atoms with Gasteiger partial charge in [0.25, 0.3) is 5.91 Å². The third-order valence-corrected chi connectivity index (χ3v) is 4.11. The van der Waals surface area contributed by atoms with E-state index in [9.17, 15) is 9.90 Å². The number of rotatable bonds is 3. The molecule has 3 heterocycles. The number of aliphatic hydroxyl groups is 1. The summed E-state index contributed by atoms with van der Waals surface area (Å²) in [4.78, 5) is 22.4. The molecule has 22 heavy (non-hydrogen) atoms. The maximum Gasteiger partial charge on any atom is 0.274 e. The van der Waals surface area contributed by atoms with Crippen molar-refractivity contribution in [3.8, 4) is 0 Å². The molecule has 7 nitrogen and oxygen atoms in total. The molecule has 0 spiro atoms. The molecule has 2 atom stereocenters. The fraction of sp³-hybridized carbons (Fsp3) is 0.467. The number of likely N-dealkylation sites (tertiary alicyclic amines) is 1. The third kappa shape index (κ3) is 2.85. The molecule has 1 aliphatic heterocycles. The highest BCUT2D eigenvalue weighted by molar-refractivity contribution is 5.92. The number of aryl methyl sites for hydroxylation is 2. The van der Waals surface area contributed by atoms with Crippen LogP contribution >= 0.6 is 0 Å². The predicted molar refractivity (Wildman–Crippen MR) is 79.1 cm³/mol. The summed E-state index contributed by atoms with van der Waals surface area (Å²) in [7, 11) is 1.81. The summed E-state index contributed by atoms with van der Waals surface area (Å²) in [5.74, 6) is -0.158. The molecular formula is C15H19N5O2. The van der Waals surface area contributed by atoms with Crippen molar-refractivity contribution in [2.45, 2.75) is 19.4 Å². The minimum atomic E-state index is -0.546. The second kappa shape index (κ2) is 5.84. The molecule has 0 radical (unpaired) electrons. The minimum absolute atomic E-state index is 0.0227. The van der Waals surface area contributed by atoms with Crippen LogP contribution in [0.5, 0.6) is 0 Å². The van der Waals surface area contributed by atoms with Crippen LogP contribution in [-0.4, -0.2) is 54.9 Å². The van der Waals surface area contributed by atoms with E-state index in [1.54, 1.807) is 34.2 Å². The van der Waals surface area contributed by atoms with Crippen molar-refractivity contribution in [2.75, 3.05) is 13.1 Å². The molecule has 3 rings (SSSR count). The van der Waals surface area contributed by atoms with Gasteiger partial charge in [0.05, 0.1) is 11.8 Å². The number of amides is 1. The van der Waals surface area contributed by atoms with Gasteiger partial charge in [-0.2, -0.15) is 5.10 Å². The van der Waals surface area contributed by atoms with Gasteiger partial charge >= 0.3 is 0 Å². The lowest BCUT2D eigenvalue weighted by Crippen LogP contribution is -2.30. The summed E-state index contributed by atoms with van der Waals surface area (Å²) >= 11 is 0. The molecule has 1 saturated heterocycles. The van der Waals surface area contributed by atoms with Crippen LogP contribution in [0.3, 0.4) is 0 Å². The lowest BCUT2D eigenvalue weighted by Gasteiger charge is -2.14. The lowest BCUT2D eigenvalue weighted by atomic mass is 10.0. The second-order valence-corrected chi connectivity index (χ2v) is 5.73. The van der Waals surface area contributed by atoms with E-state index >= 15 is 0 Å². The fourth-order valence-electron chi connectivity index (χ4n) is 2.75. The number of aromatic nitrogens is 4. The summed E-state index contributed by atoms with van der Waals surface area (Å²) in [5, 5.41) is 14.4. The van der Waals surface area contributed by atoms with Crippen molar-refractivity contribution in [1.82, 2.24) is 24.6 Å². The highest BCUT2D eigenvalue weighted by Crippen LogP contribution is 2.22. The number of aliphatic hydroxyl groups excluding tert-OH is 1. The number of carbonyl (C=O) groups excluding carboxylic acids is 1. The normalized spacial score (nSPS) is 21.3. The van der Waals surface area contributed by atoms with Crippen molar-refractivity contribution < 1.29 is 9.90 Å². The zero-order chi connectivity index (χ0) is 15.7.